The SMILES string of the molecule is COC1(C(N)c2c(F)ccc(C)c2F)CCC(C)CC1. The maximum Gasteiger partial charge on any atom is 0.133 e. The quantitative estimate of drug-likeness (QED) is 0.914. The van der Waals surface area contributed by atoms with Gasteiger partial charge in [-0.2, -0.15) is 0 Å². The van der Waals surface area contributed by atoms with Crippen LogP contribution < -0.4 is 5.73 Å². The van der Waals surface area contributed by atoms with E-state index in [0.717, 1.165) is 25.7 Å². The Bertz CT molecular complexity index is 482. The molecule has 1 aromatic carbocycles. The summed E-state index contributed by atoms with van der Waals surface area (Å²) in [6.07, 6.45) is 3.41. The molecule has 0 bridgehead atoms. The molecule has 0 heterocycles. The monoisotopic (exact) mass is 283 g/mol. The summed E-state index contributed by atoms with van der Waals surface area (Å²) in [5.41, 5.74) is 5.93. The lowest BCUT2D eigenvalue weighted by Crippen LogP contribution is -2.46. The van der Waals surface area contributed by atoms with E-state index in [1.54, 1.807) is 14.0 Å². The number of hydrogen-bond acceptors (Lipinski definition) is 2. The highest BCUT2D eigenvalue weighted by Crippen LogP contribution is 2.43. The Hall–Kier alpha value is -1.00. The Morgan fingerprint density at radius 1 is 1.30 bits per heavy atom. The molecule has 0 aliphatic heterocycles. The summed E-state index contributed by atoms with van der Waals surface area (Å²) in [6.45, 7) is 3.80. The predicted molar refractivity (Wildman–Crippen MR) is 75.4 cm³/mol. The molecular weight excluding hydrogens is 260 g/mol. The van der Waals surface area contributed by atoms with Gasteiger partial charge in [0, 0.05) is 12.7 Å². The van der Waals surface area contributed by atoms with Crippen molar-refractivity contribution in [3.8, 4) is 0 Å². The van der Waals surface area contributed by atoms with E-state index in [2.05, 4.69) is 6.92 Å². The van der Waals surface area contributed by atoms with Gasteiger partial charge < -0.3 is 10.5 Å². The summed E-state index contributed by atoms with van der Waals surface area (Å²) >= 11 is 0. The lowest BCUT2D eigenvalue weighted by atomic mass is 9.73. The van der Waals surface area contributed by atoms with Crippen LogP contribution in [0, 0.1) is 24.5 Å². The summed E-state index contributed by atoms with van der Waals surface area (Å²) in [7, 11) is 1.58. The zero-order valence-corrected chi connectivity index (χ0v) is 12.4. The second-order valence-corrected chi connectivity index (χ2v) is 6.02. The first-order valence-corrected chi connectivity index (χ1v) is 7.16. The Kier molecular flexibility index (Phi) is 4.45. The Labute approximate surface area is 119 Å². The van der Waals surface area contributed by atoms with Crippen molar-refractivity contribution in [1.82, 2.24) is 0 Å². The minimum atomic E-state index is -0.778. The third kappa shape index (κ3) is 2.59. The van der Waals surface area contributed by atoms with Crippen molar-refractivity contribution in [3.63, 3.8) is 0 Å². The summed E-state index contributed by atoms with van der Waals surface area (Å²) in [5, 5.41) is 0. The second kappa shape index (κ2) is 5.78. The van der Waals surface area contributed by atoms with Crippen molar-refractivity contribution in [1.29, 1.82) is 0 Å². The molecule has 4 heteroatoms. The highest BCUT2D eigenvalue weighted by atomic mass is 19.1. The third-order valence-electron chi connectivity index (χ3n) is 4.72. The van der Waals surface area contributed by atoms with Crippen LogP contribution in [0.4, 0.5) is 8.78 Å². The molecule has 0 aromatic heterocycles. The Morgan fingerprint density at radius 3 is 2.45 bits per heavy atom. The molecule has 0 spiro atoms. The van der Waals surface area contributed by atoms with E-state index in [0.29, 0.717) is 11.5 Å². The van der Waals surface area contributed by atoms with E-state index in [9.17, 15) is 8.78 Å². The number of aryl methyl sites for hydroxylation is 1. The number of hydrogen-bond donors (Lipinski definition) is 1. The van der Waals surface area contributed by atoms with Gasteiger partial charge in [0.2, 0.25) is 0 Å². The summed E-state index contributed by atoms with van der Waals surface area (Å²) in [5.74, 6) is -0.527. The van der Waals surface area contributed by atoms with Gasteiger partial charge in [-0.05, 0) is 50.2 Å². The van der Waals surface area contributed by atoms with E-state index >= 15 is 0 Å². The van der Waals surface area contributed by atoms with Crippen molar-refractivity contribution in [3.05, 3.63) is 34.9 Å². The minimum absolute atomic E-state index is 0.0404. The van der Waals surface area contributed by atoms with Crippen LogP contribution in [-0.4, -0.2) is 12.7 Å². The first-order chi connectivity index (χ1) is 9.41. The molecule has 20 heavy (non-hydrogen) atoms. The molecule has 0 amide bonds. The van der Waals surface area contributed by atoms with E-state index in [1.807, 2.05) is 0 Å². The maximum absolute atomic E-state index is 14.3. The van der Waals surface area contributed by atoms with Crippen molar-refractivity contribution in [2.45, 2.75) is 51.2 Å². The van der Waals surface area contributed by atoms with Crippen LogP contribution in [0.5, 0.6) is 0 Å². The zero-order valence-electron chi connectivity index (χ0n) is 12.4. The third-order valence-corrected chi connectivity index (χ3v) is 4.72. The number of halogens is 2. The molecule has 1 saturated carbocycles. The fraction of sp³-hybridized carbons (Fsp3) is 0.625. The molecule has 1 unspecified atom stereocenters. The second-order valence-electron chi connectivity index (χ2n) is 6.02. The lowest BCUT2D eigenvalue weighted by Gasteiger charge is -2.42. The minimum Gasteiger partial charge on any atom is -0.376 e. The van der Waals surface area contributed by atoms with Crippen molar-refractivity contribution >= 4 is 0 Å². The molecule has 1 aliphatic carbocycles. The molecule has 1 aromatic rings. The fourth-order valence-corrected chi connectivity index (χ4v) is 3.12. The number of benzene rings is 1. The molecule has 2 rings (SSSR count). The van der Waals surface area contributed by atoms with Crippen molar-refractivity contribution in [2.24, 2.45) is 11.7 Å². The van der Waals surface area contributed by atoms with Crippen LogP contribution >= 0.6 is 0 Å². The molecule has 112 valence electrons. The lowest BCUT2D eigenvalue weighted by molar-refractivity contribution is -0.0685. The molecule has 0 radical (unpaired) electrons. The van der Waals surface area contributed by atoms with Gasteiger partial charge in [-0.15, -0.1) is 0 Å². The largest absolute Gasteiger partial charge is 0.376 e. The first kappa shape index (κ1) is 15.4. The molecule has 2 N–H and O–H groups in total. The number of rotatable bonds is 3. The van der Waals surface area contributed by atoms with E-state index in [-0.39, 0.29) is 5.56 Å². The fourth-order valence-electron chi connectivity index (χ4n) is 3.12. The smallest absolute Gasteiger partial charge is 0.133 e. The average Bonchev–Trinajstić information content (AvgIpc) is 2.44. The van der Waals surface area contributed by atoms with Crippen LogP contribution in [0.25, 0.3) is 0 Å². The van der Waals surface area contributed by atoms with Gasteiger partial charge in [-0.25, -0.2) is 8.78 Å². The van der Waals surface area contributed by atoms with Gasteiger partial charge in [0.05, 0.1) is 11.6 Å². The zero-order chi connectivity index (χ0) is 14.9. The standard InChI is InChI=1S/C16H23F2NO/c1-10-6-8-16(20-3,9-7-10)15(19)13-12(17)5-4-11(2)14(13)18/h4-5,10,15H,6-9,19H2,1-3H3. The van der Waals surface area contributed by atoms with Crippen LogP contribution in [0.2, 0.25) is 0 Å². The molecule has 2 nitrogen and oxygen atoms in total. The van der Waals surface area contributed by atoms with Crippen LogP contribution in [-0.2, 0) is 4.74 Å². The number of methoxy groups -OCH3 is 1. The maximum atomic E-state index is 14.3. The summed E-state index contributed by atoms with van der Waals surface area (Å²) in [6, 6.07) is 1.94. The number of nitrogens with two attached hydrogens (primary N) is 1. The topological polar surface area (TPSA) is 35.2 Å². The molecule has 1 atom stereocenters. The highest BCUT2D eigenvalue weighted by Gasteiger charge is 2.42. The van der Waals surface area contributed by atoms with Crippen LogP contribution in [0.1, 0.15) is 49.8 Å². The van der Waals surface area contributed by atoms with Gasteiger partial charge >= 0.3 is 0 Å². The van der Waals surface area contributed by atoms with E-state index in [4.69, 9.17) is 10.5 Å². The van der Waals surface area contributed by atoms with Crippen LogP contribution in [0.3, 0.4) is 0 Å². The van der Waals surface area contributed by atoms with E-state index in [1.165, 1.54) is 12.1 Å². The van der Waals surface area contributed by atoms with Gasteiger partial charge in [0.25, 0.3) is 0 Å². The molecule has 0 saturated heterocycles. The summed E-state index contributed by atoms with van der Waals surface area (Å²) < 4.78 is 34.0. The molecule has 1 aliphatic rings. The van der Waals surface area contributed by atoms with Gasteiger partial charge in [0.15, 0.2) is 0 Å². The summed E-state index contributed by atoms with van der Waals surface area (Å²) in [4.78, 5) is 0. The van der Waals surface area contributed by atoms with Crippen molar-refractivity contribution in [2.75, 3.05) is 7.11 Å². The molecular formula is C16H23F2NO. The van der Waals surface area contributed by atoms with Gasteiger partial charge in [-0.3, -0.25) is 0 Å². The van der Waals surface area contributed by atoms with Gasteiger partial charge in [-0.1, -0.05) is 13.0 Å². The predicted octanol–water partition coefficient (Wildman–Crippen LogP) is 3.87. The normalized spacial score (nSPS) is 28.4. The first-order valence-electron chi connectivity index (χ1n) is 7.16. The highest BCUT2D eigenvalue weighted by molar-refractivity contribution is 5.31. The van der Waals surface area contributed by atoms with E-state index < -0.39 is 23.3 Å². The van der Waals surface area contributed by atoms with Crippen LogP contribution in [0.15, 0.2) is 12.1 Å². The average molecular weight is 283 g/mol. The number of ether oxygens (including phenoxy) is 1. The van der Waals surface area contributed by atoms with Crippen molar-refractivity contribution < 1.29 is 13.5 Å². The Morgan fingerprint density at radius 2 is 1.90 bits per heavy atom. The Balaban J connectivity index is 2.39. The molecule has 1 fully saturated rings. The van der Waals surface area contributed by atoms with Gasteiger partial charge in [0.1, 0.15) is 11.6 Å².